The van der Waals surface area contributed by atoms with Gasteiger partial charge in [0.25, 0.3) is 0 Å². The van der Waals surface area contributed by atoms with Gasteiger partial charge in [-0.3, -0.25) is 3.97 Å². The predicted octanol–water partition coefficient (Wildman–Crippen LogP) is 1.01. The third-order valence-corrected chi connectivity index (χ3v) is 3.27. The first-order chi connectivity index (χ1) is 7.32. The molecule has 0 saturated heterocycles. The number of phenolic OH excluding ortho intramolecular Hbond substituents is 2. The monoisotopic (exact) mass is 262 g/mol. The average molecular weight is 263 g/mol. The third-order valence-electron chi connectivity index (χ3n) is 2.09. The van der Waals surface area contributed by atoms with Gasteiger partial charge in [-0.25, -0.2) is 8.42 Å². The summed E-state index contributed by atoms with van der Waals surface area (Å²) in [6, 6.07) is 2.21. The maximum absolute atomic E-state index is 10.8. The molecule has 0 radical (unpaired) electrons. The van der Waals surface area contributed by atoms with Crippen LogP contribution in [0.15, 0.2) is 18.3 Å². The highest BCUT2D eigenvalue weighted by Gasteiger charge is 2.15. The quantitative estimate of drug-likeness (QED) is 0.590. The predicted molar refractivity (Wildman–Crippen MR) is 55.4 cm³/mol. The molecule has 2 N–H and O–H groups in total. The number of benzene rings is 1. The van der Waals surface area contributed by atoms with Crippen molar-refractivity contribution in [3.63, 3.8) is 0 Å². The van der Waals surface area contributed by atoms with E-state index in [0.29, 0.717) is 3.97 Å². The first-order valence-electron chi connectivity index (χ1n) is 4.00. The number of hydrogen-bond donors (Lipinski definition) is 2. The Morgan fingerprint density at radius 3 is 2.56 bits per heavy atom. The average Bonchev–Trinajstić information content (AvgIpc) is 2.57. The number of halogens is 1. The van der Waals surface area contributed by atoms with Crippen molar-refractivity contribution < 1.29 is 23.2 Å². The Morgan fingerprint density at radius 1 is 1.38 bits per heavy atom. The lowest BCUT2D eigenvalue weighted by atomic mass is 10.2. The number of rotatable bonds is 1. The molecule has 2 aromatic rings. The van der Waals surface area contributed by atoms with Crippen LogP contribution in [-0.4, -0.2) is 27.2 Å². The van der Waals surface area contributed by atoms with Crippen LogP contribution in [0.2, 0.25) is 5.02 Å². The van der Waals surface area contributed by atoms with Crippen molar-refractivity contribution in [3.8, 4) is 11.5 Å². The fourth-order valence-corrected chi connectivity index (χ4v) is 2.24. The van der Waals surface area contributed by atoms with E-state index in [2.05, 4.69) is 0 Å². The van der Waals surface area contributed by atoms with Gasteiger partial charge in [-0.2, -0.15) is 0 Å². The first kappa shape index (κ1) is 11.1. The van der Waals surface area contributed by atoms with E-state index in [1.54, 1.807) is 0 Å². The van der Waals surface area contributed by atoms with E-state index in [9.17, 15) is 23.2 Å². The molecule has 0 bridgehead atoms. The van der Waals surface area contributed by atoms with Crippen LogP contribution in [0.5, 0.6) is 11.5 Å². The zero-order valence-electron chi connectivity index (χ0n) is 7.58. The van der Waals surface area contributed by atoms with Crippen LogP contribution in [0, 0.1) is 0 Å². The van der Waals surface area contributed by atoms with Gasteiger partial charge in [-0.1, -0.05) is 11.6 Å². The zero-order chi connectivity index (χ0) is 12.1. The molecule has 16 heavy (non-hydrogen) atoms. The lowest BCUT2D eigenvalue weighted by Crippen LogP contribution is -2.09. The van der Waals surface area contributed by atoms with E-state index in [1.165, 1.54) is 6.07 Å². The van der Waals surface area contributed by atoms with Crippen LogP contribution in [0.3, 0.4) is 0 Å². The summed E-state index contributed by atoms with van der Waals surface area (Å²) < 4.78 is 32.9. The Labute approximate surface area is 95.2 Å². The molecular weight excluding hydrogens is 258 g/mol. The number of aromatic nitrogens is 1. The van der Waals surface area contributed by atoms with Crippen molar-refractivity contribution in [3.05, 3.63) is 23.4 Å². The summed E-state index contributed by atoms with van der Waals surface area (Å²) >= 11 is 5.67. The summed E-state index contributed by atoms with van der Waals surface area (Å²) in [6.45, 7) is 0. The molecule has 8 heteroatoms. The second-order valence-electron chi connectivity index (χ2n) is 3.06. The van der Waals surface area contributed by atoms with E-state index >= 15 is 0 Å². The lowest BCUT2D eigenvalue weighted by Gasteiger charge is -2.10. The van der Waals surface area contributed by atoms with E-state index in [-0.39, 0.29) is 15.9 Å². The SMILES string of the molecule is O=S(=O)([O-])n1ccc2c(Cl)c(O)c(O)cc21. The van der Waals surface area contributed by atoms with Crippen LogP contribution in [0.4, 0.5) is 0 Å². The Bertz CT molecular complexity index is 675. The van der Waals surface area contributed by atoms with Crippen molar-refractivity contribution >= 4 is 32.8 Å². The molecule has 0 saturated carbocycles. The normalized spacial score (nSPS) is 12.1. The number of nitrogens with zero attached hydrogens (tertiary/aromatic N) is 1. The molecule has 2 rings (SSSR count). The highest BCUT2D eigenvalue weighted by Crippen LogP contribution is 2.39. The molecule has 0 aliphatic rings. The van der Waals surface area contributed by atoms with Crippen LogP contribution < -0.4 is 0 Å². The Kier molecular flexibility index (Phi) is 2.26. The zero-order valence-corrected chi connectivity index (χ0v) is 9.16. The molecule has 6 nitrogen and oxygen atoms in total. The standard InChI is InChI=1S/C8H6ClNO5S/c9-7-4-1-2-10(16(13,14)15)5(4)3-6(11)8(7)12/h1-3,11-12H,(H,13,14,15)/p-1. The number of hydrogen-bond acceptors (Lipinski definition) is 5. The minimum absolute atomic E-state index is 0.0877. The van der Waals surface area contributed by atoms with Gasteiger partial charge < -0.3 is 14.8 Å². The van der Waals surface area contributed by atoms with Crippen molar-refractivity contribution in [2.75, 3.05) is 0 Å². The first-order valence-corrected chi connectivity index (χ1v) is 5.74. The Morgan fingerprint density at radius 2 is 2.00 bits per heavy atom. The molecular formula is C8H5ClNO5S-. The van der Waals surface area contributed by atoms with Crippen molar-refractivity contribution in [2.45, 2.75) is 0 Å². The van der Waals surface area contributed by atoms with Gasteiger partial charge in [0.1, 0.15) is 0 Å². The molecule has 1 aromatic carbocycles. The minimum Gasteiger partial charge on any atom is -0.731 e. The molecule has 0 fully saturated rings. The van der Waals surface area contributed by atoms with Crippen LogP contribution >= 0.6 is 11.6 Å². The molecule has 1 aromatic heterocycles. The summed E-state index contributed by atoms with van der Waals surface area (Å²) in [5.41, 5.74) is -0.0877. The van der Waals surface area contributed by atoms with Gasteiger partial charge in [-0.05, 0) is 6.07 Å². The summed E-state index contributed by atoms with van der Waals surface area (Å²) in [5, 5.41) is 18.5. The van der Waals surface area contributed by atoms with Crippen molar-refractivity contribution in [1.82, 2.24) is 3.97 Å². The van der Waals surface area contributed by atoms with E-state index in [0.717, 1.165) is 12.3 Å². The van der Waals surface area contributed by atoms with Gasteiger partial charge in [0.2, 0.25) is 0 Å². The highest BCUT2D eigenvalue weighted by molar-refractivity contribution is 7.84. The topological polar surface area (TPSA) is 103 Å². The summed E-state index contributed by atoms with van der Waals surface area (Å²) in [5.74, 6) is -1.16. The summed E-state index contributed by atoms with van der Waals surface area (Å²) in [7, 11) is -4.72. The van der Waals surface area contributed by atoms with Crippen LogP contribution in [0.1, 0.15) is 0 Å². The number of fused-ring (bicyclic) bond motifs is 1. The van der Waals surface area contributed by atoms with Gasteiger partial charge in [0, 0.05) is 17.6 Å². The minimum atomic E-state index is -4.72. The highest BCUT2D eigenvalue weighted by atomic mass is 35.5. The van der Waals surface area contributed by atoms with Gasteiger partial charge >= 0.3 is 0 Å². The van der Waals surface area contributed by atoms with Crippen LogP contribution in [-0.2, 0) is 10.3 Å². The lowest BCUT2D eigenvalue weighted by molar-refractivity contribution is 0.405. The smallest absolute Gasteiger partial charge is 0.188 e. The van der Waals surface area contributed by atoms with Crippen molar-refractivity contribution in [1.29, 1.82) is 0 Å². The van der Waals surface area contributed by atoms with E-state index in [1.807, 2.05) is 0 Å². The fraction of sp³-hybridized carbons (Fsp3) is 0. The van der Waals surface area contributed by atoms with Gasteiger partial charge in [-0.15, -0.1) is 0 Å². The summed E-state index contributed by atoms with van der Waals surface area (Å²) in [4.78, 5) is 0. The Hall–Kier alpha value is -1.44. The van der Waals surface area contributed by atoms with Crippen molar-refractivity contribution in [2.24, 2.45) is 0 Å². The maximum Gasteiger partial charge on any atom is 0.188 e. The number of aromatic hydroxyl groups is 2. The van der Waals surface area contributed by atoms with Crippen LogP contribution in [0.25, 0.3) is 10.9 Å². The molecule has 0 atom stereocenters. The third kappa shape index (κ3) is 1.49. The van der Waals surface area contributed by atoms with E-state index in [4.69, 9.17) is 11.6 Å². The fourth-order valence-electron chi connectivity index (χ4n) is 1.39. The summed E-state index contributed by atoms with van der Waals surface area (Å²) in [6.07, 6.45) is 0.998. The molecule has 0 spiro atoms. The maximum atomic E-state index is 10.8. The second kappa shape index (κ2) is 3.27. The van der Waals surface area contributed by atoms with Gasteiger partial charge in [0.15, 0.2) is 21.8 Å². The molecule has 0 amide bonds. The number of phenols is 2. The second-order valence-corrected chi connectivity index (χ2v) is 4.69. The van der Waals surface area contributed by atoms with E-state index < -0.39 is 21.8 Å². The molecule has 1 heterocycles. The molecule has 86 valence electrons. The molecule has 0 aliphatic carbocycles. The Balaban J connectivity index is 2.95. The largest absolute Gasteiger partial charge is 0.731 e. The molecule has 0 unspecified atom stereocenters. The van der Waals surface area contributed by atoms with Gasteiger partial charge in [0.05, 0.1) is 10.5 Å². The molecule has 0 aliphatic heterocycles.